The van der Waals surface area contributed by atoms with Crippen LogP contribution in [0.5, 0.6) is 0 Å². The summed E-state index contributed by atoms with van der Waals surface area (Å²) in [5, 5.41) is 10.3. The van der Waals surface area contributed by atoms with Gasteiger partial charge in [0.15, 0.2) is 0 Å². The van der Waals surface area contributed by atoms with E-state index >= 15 is 0 Å². The molecule has 0 atom stereocenters. The van der Waals surface area contributed by atoms with Gasteiger partial charge >= 0.3 is 0 Å². The van der Waals surface area contributed by atoms with Gasteiger partial charge in [0.1, 0.15) is 0 Å². The van der Waals surface area contributed by atoms with Crippen LogP contribution in [0.1, 0.15) is 7.43 Å². The molecule has 0 aromatic heterocycles. The second-order valence-corrected chi connectivity index (χ2v) is 12.4. The number of rotatable bonds is 3. The average molecular weight is 597 g/mol. The maximum atomic E-state index is 2.34. The summed E-state index contributed by atoms with van der Waals surface area (Å²) < 4.78 is 0. The van der Waals surface area contributed by atoms with Crippen LogP contribution >= 0.6 is 0 Å². The molecule has 0 unspecified atom stereocenters. The first-order valence-electron chi connectivity index (χ1n) is 16.0. The summed E-state index contributed by atoms with van der Waals surface area (Å²) in [4.78, 5) is 0. The molecule has 0 nitrogen and oxygen atoms in total. The van der Waals surface area contributed by atoms with Gasteiger partial charge in [0.2, 0.25) is 0 Å². The van der Waals surface area contributed by atoms with Crippen LogP contribution in [0.2, 0.25) is 0 Å². The molecule has 0 saturated heterocycles. The molecule has 1 aliphatic carbocycles. The van der Waals surface area contributed by atoms with Crippen molar-refractivity contribution in [2.75, 3.05) is 0 Å². The van der Waals surface area contributed by atoms with E-state index in [1.165, 1.54) is 98.7 Å². The Morgan fingerprint density at radius 1 is 0.255 bits per heavy atom. The lowest BCUT2D eigenvalue weighted by Gasteiger charge is -2.18. The van der Waals surface area contributed by atoms with Crippen LogP contribution in [0.4, 0.5) is 0 Å². The van der Waals surface area contributed by atoms with Gasteiger partial charge in [0.05, 0.1) is 0 Å². The van der Waals surface area contributed by atoms with Gasteiger partial charge in [-0.05, 0) is 105 Å². The highest BCUT2D eigenvalue weighted by molar-refractivity contribution is 6.22. The van der Waals surface area contributed by atoms with E-state index in [9.17, 15) is 0 Å². The highest BCUT2D eigenvalue weighted by Crippen LogP contribution is 2.49. The minimum Gasteiger partial charge on any atom is -0.0776 e. The van der Waals surface area contributed by atoms with Gasteiger partial charge in [0.25, 0.3) is 0 Å². The summed E-state index contributed by atoms with van der Waals surface area (Å²) in [7, 11) is 0. The first kappa shape index (κ1) is 27.3. The second kappa shape index (κ2) is 10.5. The van der Waals surface area contributed by atoms with E-state index < -0.39 is 0 Å². The summed E-state index contributed by atoms with van der Waals surface area (Å²) in [5.41, 5.74) is 12.9. The molecule has 0 N–H and O–H groups in total. The number of benzene rings is 9. The zero-order valence-corrected chi connectivity index (χ0v) is 25.2. The highest BCUT2D eigenvalue weighted by atomic mass is 14.3. The maximum Gasteiger partial charge on any atom is -0.00201 e. The fourth-order valence-corrected chi connectivity index (χ4v) is 7.97. The number of hydrogen-bond donors (Lipinski definition) is 0. The number of fused-ring (bicyclic) bond motifs is 6. The van der Waals surface area contributed by atoms with Crippen LogP contribution in [-0.4, -0.2) is 0 Å². The Balaban J connectivity index is 0.00000302. The molecule has 1 aliphatic rings. The van der Waals surface area contributed by atoms with Crippen molar-refractivity contribution < 1.29 is 0 Å². The minimum atomic E-state index is 0. The Bertz CT molecular complexity index is 2590. The summed E-state index contributed by atoms with van der Waals surface area (Å²) in [6.07, 6.45) is 0. The van der Waals surface area contributed by atoms with Crippen molar-refractivity contribution in [3.8, 4) is 55.6 Å². The summed E-state index contributed by atoms with van der Waals surface area (Å²) in [6.45, 7) is 0. The molecular weight excluding hydrogens is 565 g/mol. The zero-order valence-electron chi connectivity index (χ0n) is 25.2. The van der Waals surface area contributed by atoms with E-state index in [0.717, 1.165) is 0 Å². The SMILES string of the molecule is C.c1ccc2c(c1)-c1cccc3c(-c4ccc(-c5c6ccccc6c(-c6ccc7ccccc7c6)c6ccccc56)cc4)ccc-2c13. The third kappa shape index (κ3) is 4.02. The van der Waals surface area contributed by atoms with Gasteiger partial charge in [-0.2, -0.15) is 0 Å². The van der Waals surface area contributed by atoms with Crippen molar-refractivity contribution in [1.82, 2.24) is 0 Å². The standard InChI is InChI=1S/C46H28.CH4/c1-2-11-32-28-33(25-20-29(32)10-1)45-41-16-7-5-14-39(41)44(40-15-6-8-17-42(40)45)31-23-21-30(22-24-31)34-26-27-43-36-13-4-3-12-35(36)38-19-9-18-37(34)46(38)43;/h1-28H;1H4. The molecular formula is C47H32. The average Bonchev–Trinajstić information content (AvgIpc) is 3.45. The molecule has 0 bridgehead atoms. The zero-order chi connectivity index (χ0) is 30.2. The van der Waals surface area contributed by atoms with Crippen molar-refractivity contribution in [2.24, 2.45) is 0 Å². The first-order valence-corrected chi connectivity index (χ1v) is 16.0. The Kier molecular flexibility index (Phi) is 6.13. The van der Waals surface area contributed by atoms with Gasteiger partial charge in [-0.15, -0.1) is 0 Å². The van der Waals surface area contributed by atoms with E-state index in [1.54, 1.807) is 0 Å². The summed E-state index contributed by atoms with van der Waals surface area (Å²) in [6, 6.07) is 62.7. The Morgan fingerprint density at radius 2 is 0.702 bits per heavy atom. The molecule has 10 rings (SSSR count). The van der Waals surface area contributed by atoms with Crippen LogP contribution in [0.3, 0.4) is 0 Å². The van der Waals surface area contributed by atoms with Crippen molar-refractivity contribution in [2.45, 2.75) is 7.43 Å². The summed E-state index contributed by atoms with van der Waals surface area (Å²) >= 11 is 0. The van der Waals surface area contributed by atoms with Gasteiger partial charge < -0.3 is 0 Å². The maximum absolute atomic E-state index is 2.34. The van der Waals surface area contributed by atoms with E-state index in [1.807, 2.05) is 0 Å². The molecule has 0 saturated carbocycles. The van der Waals surface area contributed by atoms with Crippen molar-refractivity contribution >= 4 is 43.1 Å². The molecule has 0 aliphatic heterocycles. The van der Waals surface area contributed by atoms with E-state index in [0.29, 0.717) is 0 Å². The first-order chi connectivity index (χ1) is 22.8. The van der Waals surface area contributed by atoms with Crippen LogP contribution in [0.25, 0.3) is 98.7 Å². The number of hydrogen-bond acceptors (Lipinski definition) is 0. The Hall–Kier alpha value is -5.98. The molecule has 0 radical (unpaired) electrons. The molecule has 220 valence electrons. The van der Waals surface area contributed by atoms with Gasteiger partial charge in [-0.25, -0.2) is 0 Å². The Labute approximate surface area is 275 Å². The van der Waals surface area contributed by atoms with Crippen molar-refractivity contribution in [3.63, 3.8) is 0 Å². The third-order valence-corrected chi connectivity index (χ3v) is 10.0. The largest absolute Gasteiger partial charge is 0.0776 e. The molecule has 47 heavy (non-hydrogen) atoms. The molecule has 0 fully saturated rings. The predicted octanol–water partition coefficient (Wildman–Crippen LogP) is 13.6. The van der Waals surface area contributed by atoms with E-state index in [-0.39, 0.29) is 7.43 Å². The lowest BCUT2D eigenvalue weighted by Crippen LogP contribution is -1.91. The molecule has 0 spiro atoms. The molecule has 9 aromatic rings. The smallest absolute Gasteiger partial charge is 0.00201 e. The molecule has 0 heteroatoms. The van der Waals surface area contributed by atoms with Gasteiger partial charge in [-0.1, -0.05) is 171 Å². The van der Waals surface area contributed by atoms with Crippen LogP contribution in [-0.2, 0) is 0 Å². The van der Waals surface area contributed by atoms with Crippen LogP contribution < -0.4 is 0 Å². The molecule has 0 heterocycles. The Morgan fingerprint density at radius 3 is 1.36 bits per heavy atom. The lowest BCUT2D eigenvalue weighted by atomic mass is 9.85. The fraction of sp³-hybridized carbons (Fsp3) is 0.0213. The van der Waals surface area contributed by atoms with Crippen molar-refractivity contribution in [1.29, 1.82) is 0 Å². The third-order valence-electron chi connectivity index (χ3n) is 10.0. The fourth-order valence-electron chi connectivity index (χ4n) is 7.97. The topological polar surface area (TPSA) is 0 Å². The van der Waals surface area contributed by atoms with Crippen molar-refractivity contribution in [3.05, 3.63) is 170 Å². The normalized spacial score (nSPS) is 11.7. The van der Waals surface area contributed by atoms with E-state index in [4.69, 9.17) is 0 Å². The highest BCUT2D eigenvalue weighted by Gasteiger charge is 2.22. The van der Waals surface area contributed by atoms with Gasteiger partial charge in [-0.3, -0.25) is 0 Å². The van der Waals surface area contributed by atoms with Crippen LogP contribution in [0, 0.1) is 0 Å². The monoisotopic (exact) mass is 596 g/mol. The summed E-state index contributed by atoms with van der Waals surface area (Å²) in [5.74, 6) is 0. The van der Waals surface area contributed by atoms with Crippen LogP contribution in [0.15, 0.2) is 170 Å². The van der Waals surface area contributed by atoms with E-state index in [2.05, 4.69) is 170 Å². The lowest BCUT2D eigenvalue weighted by molar-refractivity contribution is 1.64. The molecule has 9 aromatic carbocycles. The predicted molar refractivity (Wildman–Crippen MR) is 204 cm³/mol. The molecule has 0 amide bonds. The van der Waals surface area contributed by atoms with Gasteiger partial charge in [0, 0.05) is 0 Å². The quantitative estimate of drug-likeness (QED) is 0.178. The minimum absolute atomic E-state index is 0. The second-order valence-electron chi connectivity index (χ2n) is 12.4.